The number of hydrogen-bond donors (Lipinski definition) is 0. The molecule has 0 fully saturated rings. The highest BCUT2D eigenvalue weighted by Gasteiger charge is 2.37. The first-order chi connectivity index (χ1) is 18.6. The molecule has 0 aliphatic heterocycles. The smallest absolute Gasteiger partial charge is 0.323 e. The fraction of sp³-hybridized carbons (Fsp3) is 0.212. The molecule has 0 spiro atoms. The highest BCUT2D eigenvalue weighted by Crippen LogP contribution is 2.33. The Kier molecular flexibility index (Phi) is 9.43. The molecule has 38 heavy (non-hydrogen) atoms. The molecule has 0 aliphatic rings. The SMILES string of the molecule is COC(=O)[C@H](C(CC(=O)c1ccccc1)c1ccc(OC)cc1)N(Cc1ccccc1)Cc1ccccc1. The van der Waals surface area contributed by atoms with E-state index < -0.39 is 12.0 Å². The molecular weight excluding hydrogens is 474 g/mol. The zero-order valence-electron chi connectivity index (χ0n) is 21.8. The summed E-state index contributed by atoms with van der Waals surface area (Å²) in [6.45, 7) is 1.03. The lowest BCUT2D eigenvalue weighted by molar-refractivity contribution is -0.148. The van der Waals surface area contributed by atoms with Crippen LogP contribution in [0.15, 0.2) is 115 Å². The van der Waals surface area contributed by atoms with Crippen molar-refractivity contribution >= 4 is 11.8 Å². The number of ketones is 1. The average Bonchev–Trinajstić information content (AvgIpc) is 2.98. The maximum absolute atomic E-state index is 13.6. The van der Waals surface area contributed by atoms with Crippen LogP contribution in [0.2, 0.25) is 0 Å². The largest absolute Gasteiger partial charge is 0.497 e. The summed E-state index contributed by atoms with van der Waals surface area (Å²) in [5.41, 5.74) is 3.63. The van der Waals surface area contributed by atoms with E-state index in [9.17, 15) is 9.59 Å². The molecule has 0 N–H and O–H groups in total. The van der Waals surface area contributed by atoms with Gasteiger partial charge in [-0.2, -0.15) is 0 Å². The molecule has 0 aliphatic carbocycles. The number of carbonyl (C=O) groups excluding carboxylic acids is 2. The molecule has 2 atom stereocenters. The lowest BCUT2D eigenvalue weighted by Gasteiger charge is -2.35. The first-order valence-electron chi connectivity index (χ1n) is 12.7. The predicted molar refractivity (Wildman–Crippen MR) is 149 cm³/mol. The van der Waals surface area contributed by atoms with Gasteiger partial charge >= 0.3 is 5.97 Å². The molecule has 194 valence electrons. The highest BCUT2D eigenvalue weighted by atomic mass is 16.5. The molecular formula is C33H33NO4. The number of esters is 1. The van der Waals surface area contributed by atoms with Crippen LogP contribution >= 0.6 is 0 Å². The maximum Gasteiger partial charge on any atom is 0.323 e. The summed E-state index contributed by atoms with van der Waals surface area (Å²) >= 11 is 0. The van der Waals surface area contributed by atoms with E-state index in [1.165, 1.54) is 7.11 Å². The summed E-state index contributed by atoms with van der Waals surface area (Å²) in [4.78, 5) is 29.2. The van der Waals surface area contributed by atoms with Gasteiger partial charge in [-0.15, -0.1) is 0 Å². The Balaban J connectivity index is 1.79. The third-order valence-electron chi connectivity index (χ3n) is 6.72. The van der Waals surface area contributed by atoms with Crippen LogP contribution in [0.4, 0.5) is 0 Å². The van der Waals surface area contributed by atoms with Gasteiger partial charge in [0, 0.05) is 31.0 Å². The standard InChI is InChI=1S/C33H33NO4/c1-37-29-20-18-27(19-21-29)30(22-31(35)28-16-10-5-11-17-28)32(33(36)38-2)34(23-25-12-6-3-7-13-25)24-26-14-8-4-9-15-26/h3-21,30,32H,22-24H2,1-2H3/t30?,32-/m0/s1. The second-order valence-corrected chi connectivity index (χ2v) is 9.22. The highest BCUT2D eigenvalue weighted by molar-refractivity contribution is 5.97. The molecule has 0 saturated carbocycles. The van der Waals surface area contributed by atoms with Crippen molar-refractivity contribution < 1.29 is 19.1 Å². The van der Waals surface area contributed by atoms with Crippen molar-refractivity contribution in [1.29, 1.82) is 0 Å². The third-order valence-corrected chi connectivity index (χ3v) is 6.72. The fourth-order valence-corrected chi connectivity index (χ4v) is 4.78. The van der Waals surface area contributed by atoms with E-state index in [2.05, 4.69) is 4.90 Å². The molecule has 0 heterocycles. The Hall–Kier alpha value is -4.22. The van der Waals surface area contributed by atoms with Gasteiger partial charge < -0.3 is 9.47 Å². The fourth-order valence-electron chi connectivity index (χ4n) is 4.78. The predicted octanol–water partition coefficient (Wildman–Crippen LogP) is 6.30. The summed E-state index contributed by atoms with van der Waals surface area (Å²) in [5, 5.41) is 0. The van der Waals surface area contributed by atoms with Gasteiger partial charge in [-0.1, -0.05) is 103 Å². The van der Waals surface area contributed by atoms with Crippen molar-refractivity contribution in [2.75, 3.05) is 14.2 Å². The van der Waals surface area contributed by atoms with Crippen molar-refractivity contribution in [3.63, 3.8) is 0 Å². The number of Topliss-reactive ketones (excluding diaryl/α,β-unsaturated/α-hetero) is 1. The molecule has 4 aromatic rings. The zero-order valence-corrected chi connectivity index (χ0v) is 21.8. The van der Waals surface area contributed by atoms with Crippen LogP contribution in [0.1, 0.15) is 39.4 Å². The summed E-state index contributed by atoms with van der Waals surface area (Å²) < 4.78 is 10.8. The van der Waals surface area contributed by atoms with E-state index in [0.29, 0.717) is 24.4 Å². The molecule has 1 unspecified atom stereocenters. The topological polar surface area (TPSA) is 55.8 Å². The van der Waals surface area contributed by atoms with Crippen LogP contribution in [0.3, 0.4) is 0 Å². The van der Waals surface area contributed by atoms with Gasteiger partial charge in [0.05, 0.1) is 14.2 Å². The number of ether oxygens (including phenoxy) is 2. The van der Waals surface area contributed by atoms with Crippen LogP contribution in [0, 0.1) is 0 Å². The molecule has 5 nitrogen and oxygen atoms in total. The third kappa shape index (κ3) is 6.96. The number of benzene rings is 4. The molecule has 0 amide bonds. The second kappa shape index (κ2) is 13.4. The van der Waals surface area contributed by atoms with Crippen LogP contribution < -0.4 is 4.74 Å². The summed E-state index contributed by atoms with van der Waals surface area (Å²) in [6, 6.07) is 36.2. The minimum absolute atomic E-state index is 0.0281. The van der Waals surface area contributed by atoms with Crippen LogP contribution in [0.25, 0.3) is 0 Å². The maximum atomic E-state index is 13.6. The van der Waals surface area contributed by atoms with Gasteiger partial charge in [0.15, 0.2) is 5.78 Å². The van der Waals surface area contributed by atoms with E-state index in [1.54, 1.807) is 7.11 Å². The lowest BCUT2D eigenvalue weighted by atomic mass is 9.84. The Labute approximate surface area is 224 Å². The first-order valence-corrected chi connectivity index (χ1v) is 12.7. The first kappa shape index (κ1) is 26.8. The lowest BCUT2D eigenvalue weighted by Crippen LogP contribution is -2.45. The number of rotatable bonds is 12. The van der Waals surface area contributed by atoms with Crippen molar-refractivity contribution in [2.24, 2.45) is 0 Å². The molecule has 5 heteroatoms. The van der Waals surface area contributed by atoms with Crippen LogP contribution in [-0.4, -0.2) is 36.9 Å². The summed E-state index contributed by atoms with van der Waals surface area (Å²) in [6.07, 6.45) is 0.149. The van der Waals surface area contributed by atoms with Crippen molar-refractivity contribution in [3.8, 4) is 5.75 Å². The quantitative estimate of drug-likeness (QED) is 0.166. The van der Waals surface area contributed by atoms with E-state index >= 15 is 0 Å². The van der Waals surface area contributed by atoms with Crippen LogP contribution in [0.5, 0.6) is 5.75 Å². The number of carbonyl (C=O) groups is 2. The van der Waals surface area contributed by atoms with E-state index in [0.717, 1.165) is 16.7 Å². The van der Waals surface area contributed by atoms with Gasteiger partial charge in [0.1, 0.15) is 11.8 Å². The van der Waals surface area contributed by atoms with Gasteiger partial charge in [-0.3, -0.25) is 14.5 Å². The van der Waals surface area contributed by atoms with Crippen molar-refractivity contribution in [2.45, 2.75) is 31.5 Å². The van der Waals surface area contributed by atoms with Gasteiger partial charge in [-0.05, 0) is 28.8 Å². The number of hydrogen-bond acceptors (Lipinski definition) is 5. The molecule has 4 rings (SSSR count). The second-order valence-electron chi connectivity index (χ2n) is 9.22. The molecule has 0 radical (unpaired) electrons. The zero-order chi connectivity index (χ0) is 26.7. The normalized spacial score (nSPS) is 12.5. The summed E-state index contributed by atoms with van der Waals surface area (Å²) in [7, 11) is 3.02. The minimum Gasteiger partial charge on any atom is -0.497 e. The van der Waals surface area contributed by atoms with E-state index in [-0.39, 0.29) is 18.2 Å². The number of nitrogens with zero attached hydrogens (tertiary/aromatic N) is 1. The monoisotopic (exact) mass is 507 g/mol. The van der Waals surface area contributed by atoms with Crippen molar-refractivity contribution in [1.82, 2.24) is 4.90 Å². The van der Waals surface area contributed by atoms with Crippen LogP contribution in [-0.2, 0) is 22.6 Å². The number of methoxy groups -OCH3 is 2. The molecule has 0 aromatic heterocycles. The van der Waals surface area contributed by atoms with Gasteiger partial charge in [0.2, 0.25) is 0 Å². The average molecular weight is 508 g/mol. The Morgan fingerprint density at radius 3 is 1.66 bits per heavy atom. The Bertz CT molecular complexity index is 1250. The molecule has 4 aromatic carbocycles. The summed E-state index contributed by atoms with van der Waals surface area (Å²) in [5.74, 6) is -0.145. The van der Waals surface area contributed by atoms with Gasteiger partial charge in [0.25, 0.3) is 0 Å². The van der Waals surface area contributed by atoms with Gasteiger partial charge in [-0.25, -0.2) is 0 Å². The van der Waals surface area contributed by atoms with E-state index in [1.807, 2.05) is 115 Å². The van der Waals surface area contributed by atoms with Crippen molar-refractivity contribution in [3.05, 3.63) is 138 Å². The Morgan fingerprint density at radius 1 is 0.684 bits per heavy atom. The van der Waals surface area contributed by atoms with E-state index in [4.69, 9.17) is 9.47 Å². The minimum atomic E-state index is -0.707. The molecule has 0 saturated heterocycles. The molecule has 0 bridgehead atoms. The Morgan fingerprint density at radius 2 is 1.18 bits per heavy atom.